The number of aliphatic hydroxyl groups excluding tert-OH is 1. The van der Waals surface area contributed by atoms with Crippen molar-refractivity contribution in [1.29, 1.82) is 0 Å². The molecule has 0 fully saturated rings. The smallest absolute Gasteiger partial charge is 0.119 e. The molecule has 0 aliphatic heterocycles. The number of aryl methyl sites for hydroxylation is 1. The van der Waals surface area contributed by atoms with Crippen molar-refractivity contribution in [2.24, 2.45) is 0 Å². The first-order valence-electron chi connectivity index (χ1n) is 5.73. The highest BCUT2D eigenvalue weighted by Gasteiger charge is 1.97. The van der Waals surface area contributed by atoms with E-state index < -0.39 is 0 Å². The molecule has 3 nitrogen and oxygen atoms in total. The van der Waals surface area contributed by atoms with Gasteiger partial charge < -0.3 is 14.3 Å². The number of rotatable bonds is 6. The van der Waals surface area contributed by atoms with E-state index in [9.17, 15) is 0 Å². The third kappa shape index (κ3) is 3.64. The molecular formula is C14H16O3. The van der Waals surface area contributed by atoms with Crippen molar-refractivity contribution in [3.63, 3.8) is 0 Å². The third-order valence-corrected chi connectivity index (χ3v) is 2.52. The van der Waals surface area contributed by atoms with Crippen LogP contribution in [0.25, 0.3) is 0 Å². The quantitative estimate of drug-likeness (QED) is 0.779. The Morgan fingerprint density at radius 2 is 1.94 bits per heavy atom. The fourth-order valence-corrected chi connectivity index (χ4v) is 1.58. The number of ether oxygens (including phenoxy) is 1. The summed E-state index contributed by atoms with van der Waals surface area (Å²) in [6.45, 7) is 0.734. The lowest BCUT2D eigenvalue weighted by Gasteiger charge is -2.05. The lowest BCUT2D eigenvalue weighted by Crippen LogP contribution is -1.99. The van der Waals surface area contributed by atoms with Gasteiger partial charge in [0.15, 0.2) is 0 Å². The summed E-state index contributed by atoms with van der Waals surface area (Å²) in [7, 11) is 0. The van der Waals surface area contributed by atoms with Crippen LogP contribution in [0.3, 0.4) is 0 Å². The van der Waals surface area contributed by atoms with Crippen molar-refractivity contribution in [1.82, 2.24) is 0 Å². The van der Waals surface area contributed by atoms with Gasteiger partial charge in [-0.2, -0.15) is 0 Å². The van der Waals surface area contributed by atoms with Crippen LogP contribution in [0, 0.1) is 0 Å². The average molecular weight is 232 g/mol. The Balaban J connectivity index is 1.70. The van der Waals surface area contributed by atoms with Crippen molar-refractivity contribution in [3.8, 4) is 5.75 Å². The van der Waals surface area contributed by atoms with E-state index in [0.29, 0.717) is 6.61 Å². The highest BCUT2D eigenvalue weighted by molar-refractivity contribution is 5.26. The number of benzene rings is 1. The Labute approximate surface area is 101 Å². The molecule has 0 radical (unpaired) electrons. The molecule has 0 saturated carbocycles. The SMILES string of the molecule is OCc1ccc(OCCCc2ccco2)cc1. The monoisotopic (exact) mass is 232 g/mol. The Morgan fingerprint density at radius 1 is 1.12 bits per heavy atom. The molecule has 2 rings (SSSR count). The number of furan rings is 1. The molecule has 1 aromatic heterocycles. The maximum absolute atomic E-state index is 8.90. The van der Waals surface area contributed by atoms with Gasteiger partial charge >= 0.3 is 0 Å². The van der Waals surface area contributed by atoms with E-state index >= 15 is 0 Å². The van der Waals surface area contributed by atoms with Crippen molar-refractivity contribution in [2.75, 3.05) is 6.61 Å². The van der Waals surface area contributed by atoms with Gasteiger partial charge in [-0.1, -0.05) is 12.1 Å². The minimum absolute atomic E-state index is 0.0682. The van der Waals surface area contributed by atoms with E-state index in [1.54, 1.807) is 6.26 Å². The van der Waals surface area contributed by atoms with Crippen molar-refractivity contribution >= 4 is 0 Å². The highest BCUT2D eigenvalue weighted by Crippen LogP contribution is 2.13. The van der Waals surface area contributed by atoms with E-state index in [-0.39, 0.29) is 6.61 Å². The summed E-state index contributed by atoms with van der Waals surface area (Å²) in [6, 6.07) is 11.3. The van der Waals surface area contributed by atoms with Gasteiger partial charge in [-0.15, -0.1) is 0 Å². The van der Waals surface area contributed by atoms with Gasteiger partial charge in [0.05, 0.1) is 19.5 Å². The predicted octanol–water partition coefficient (Wildman–Crippen LogP) is 2.78. The first-order chi connectivity index (χ1) is 8.38. The van der Waals surface area contributed by atoms with Crippen LogP contribution in [-0.4, -0.2) is 11.7 Å². The fourth-order valence-electron chi connectivity index (χ4n) is 1.58. The normalized spacial score (nSPS) is 10.4. The van der Waals surface area contributed by atoms with E-state index in [1.165, 1.54) is 0 Å². The number of aliphatic hydroxyl groups is 1. The molecule has 0 amide bonds. The van der Waals surface area contributed by atoms with E-state index in [0.717, 1.165) is 29.9 Å². The van der Waals surface area contributed by atoms with Gasteiger partial charge in [0, 0.05) is 6.42 Å². The van der Waals surface area contributed by atoms with Crippen molar-refractivity contribution in [2.45, 2.75) is 19.4 Å². The van der Waals surface area contributed by atoms with Gasteiger partial charge in [-0.3, -0.25) is 0 Å². The zero-order valence-electron chi connectivity index (χ0n) is 9.63. The second kappa shape index (κ2) is 6.11. The molecule has 0 saturated heterocycles. The minimum atomic E-state index is 0.0682. The second-order valence-corrected chi connectivity index (χ2v) is 3.83. The number of hydrogen-bond acceptors (Lipinski definition) is 3. The molecule has 0 bridgehead atoms. The standard InChI is InChI=1S/C14H16O3/c15-11-12-5-7-14(8-6-12)17-10-2-4-13-3-1-9-16-13/h1,3,5-9,15H,2,4,10-11H2. The van der Waals surface area contributed by atoms with Crippen LogP contribution >= 0.6 is 0 Å². The first-order valence-corrected chi connectivity index (χ1v) is 5.73. The summed E-state index contributed by atoms with van der Waals surface area (Å²) in [5.41, 5.74) is 0.896. The van der Waals surface area contributed by atoms with Crippen LogP contribution in [0.4, 0.5) is 0 Å². The fraction of sp³-hybridized carbons (Fsp3) is 0.286. The zero-order valence-corrected chi connectivity index (χ0v) is 9.63. The molecule has 90 valence electrons. The molecule has 0 unspecified atom stereocenters. The van der Waals surface area contributed by atoms with E-state index in [4.69, 9.17) is 14.3 Å². The van der Waals surface area contributed by atoms with Crippen LogP contribution in [-0.2, 0) is 13.0 Å². The maximum Gasteiger partial charge on any atom is 0.119 e. The average Bonchev–Trinajstić information content (AvgIpc) is 2.88. The number of hydrogen-bond donors (Lipinski definition) is 1. The zero-order chi connectivity index (χ0) is 11.9. The lowest BCUT2D eigenvalue weighted by molar-refractivity contribution is 0.281. The summed E-state index contributed by atoms with van der Waals surface area (Å²) >= 11 is 0. The summed E-state index contributed by atoms with van der Waals surface area (Å²) < 4.78 is 10.8. The van der Waals surface area contributed by atoms with Crippen LogP contribution in [0.2, 0.25) is 0 Å². The predicted molar refractivity (Wildman–Crippen MR) is 64.9 cm³/mol. The Bertz CT molecular complexity index is 417. The Hall–Kier alpha value is -1.74. The van der Waals surface area contributed by atoms with Crippen molar-refractivity contribution < 1.29 is 14.3 Å². The molecule has 2 aromatic rings. The van der Waals surface area contributed by atoms with E-state index in [1.807, 2.05) is 36.4 Å². The maximum atomic E-state index is 8.90. The topological polar surface area (TPSA) is 42.6 Å². The molecule has 0 atom stereocenters. The summed E-state index contributed by atoms with van der Waals surface area (Å²) in [5.74, 6) is 1.82. The van der Waals surface area contributed by atoms with Gasteiger partial charge in [-0.25, -0.2) is 0 Å². The van der Waals surface area contributed by atoms with Crippen LogP contribution < -0.4 is 4.74 Å². The van der Waals surface area contributed by atoms with Crippen LogP contribution in [0.5, 0.6) is 5.75 Å². The largest absolute Gasteiger partial charge is 0.494 e. The molecule has 1 heterocycles. The molecule has 1 N–H and O–H groups in total. The molecule has 0 aliphatic carbocycles. The minimum Gasteiger partial charge on any atom is -0.494 e. The van der Waals surface area contributed by atoms with E-state index in [2.05, 4.69) is 0 Å². The molecular weight excluding hydrogens is 216 g/mol. The van der Waals surface area contributed by atoms with Crippen LogP contribution in [0.1, 0.15) is 17.7 Å². The summed E-state index contributed by atoms with van der Waals surface area (Å²) in [6.07, 6.45) is 3.50. The molecule has 0 aliphatic rings. The lowest BCUT2D eigenvalue weighted by atomic mass is 10.2. The Morgan fingerprint density at radius 3 is 2.59 bits per heavy atom. The first kappa shape index (κ1) is 11.7. The Kier molecular flexibility index (Phi) is 4.22. The highest BCUT2D eigenvalue weighted by atomic mass is 16.5. The summed E-state index contributed by atoms with van der Waals surface area (Å²) in [5, 5.41) is 8.90. The molecule has 1 aromatic carbocycles. The third-order valence-electron chi connectivity index (χ3n) is 2.52. The van der Waals surface area contributed by atoms with Crippen LogP contribution in [0.15, 0.2) is 47.1 Å². The molecule has 3 heteroatoms. The summed E-state index contributed by atoms with van der Waals surface area (Å²) in [4.78, 5) is 0. The van der Waals surface area contributed by atoms with Crippen molar-refractivity contribution in [3.05, 3.63) is 54.0 Å². The van der Waals surface area contributed by atoms with Gasteiger partial charge in [0.1, 0.15) is 11.5 Å². The van der Waals surface area contributed by atoms with Gasteiger partial charge in [0.2, 0.25) is 0 Å². The molecule has 17 heavy (non-hydrogen) atoms. The van der Waals surface area contributed by atoms with Gasteiger partial charge in [-0.05, 0) is 36.2 Å². The second-order valence-electron chi connectivity index (χ2n) is 3.83. The van der Waals surface area contributed by atoms with Gasteiger partial charge in [0.25, 0.3) is 0 Å². The molecule has 0 spiro atoms.